The van der Waals surface area contributed by atoms with E-state index < -0.39 is 11.7 Å². The summed E-state index contributed by atoms with van der Waals surface area (Å²) in [6.07, 6.45) is -0.445. The van der Waals surface area contributed by atoms with Crippen molar-refractivity contribution in [3.63, 3.8) is 0 Å². The maximum absolute atomic E-state index is 11.2. The second kappa shape index (κ2) is 8.36. The van der Waals surface area contributed by atoms with Crippen LogP contribution in [0.15, 0.2) is 0 Å². The van der Waals surface area contributed by atoms with Gasteiger partial charge >= 0.3 is 6.09 Å². The Morgan fingerprint density at radius 3 is 2.41 bits per heavy atom. The van der Waals surface area contributed by atoms with Crippen LogP contribution in [-0.4, -0.2) is 42.3 Å². The van der Waals surface area contributed by atoms with Gasteiger partial charge in [-0.05, 0) is 20.8 Å². The van der Waals surface area contributed by atoms with Crippen molar-refractivity contribution in [1.82, 2.24) is 5.32 Å². The van der Waals surface area contributed by atoms with Gasteiger partial charge in [0.25, 0.3) is 0 Å². The van der Waals surface area contributed by atoms with Gasteiger partial charge in [-0.1, -0.05) is 11.8 Å². The average Bonchev–Trinajstić information content (AvgIpc) is 2.12. The van der Waals surface area contributed by atoms with Gasteiger partial charge in [-0.2, -0.15) is 0 Å². The van der Waals surface area contributed by atoms with Gasteiger partial charge in [-0.25, -0.2) is 4.79 Å². The monoisotopic (exact) mass is 263 g/mol. The first-order chi connectivity index (χ1) is 7.81. The van der Waals surface area contributed by atoms with E-state index in [1.54, 1.807) is 0 Å². The number of thioether (sulfide) groups is 1. The molecule has 1 amide bonds. The largest absolute Gasteiger partial charge is 0.444 e. The van der Waals surface area contributed by atoms with Crippen LogP contribution in [0.5, 0.6) is 0 Å². The minimum atomic E-state index is -0.483. The van der Waals surface area contributed by atoms with Crippen molar-refractivity contribution in [1.29, 1.82) is 0 Å². The van der Waals surface area contributed by atoms with Crippen LogP contribution in [0.3, 0.4) is 0 Å². The fourth-order valence-electron chi connectivity index (χ4n) is 0.886. The van der Waals surface area contributed by atoms with Gasteiger partial charge < -0.3 is 14.8 Å². The first-order valence-electron chi connectivity index (χ1n) is 5.49. The van der Waals surface area contributed by atoms with E-state index in [0.717, 1.165) is 0 Å². The van der Waals surface area contributed by atoms with Crippen LogP contribution in [0.25, 0.3) is 0 Å². The van der Waals surface area contributed by atoms with Crippen LogP contribution >= 0.6 is 11.8 Å². The van der Waals surface area contributed by atoms with Gasteiger partial charge in [-0.15, -0.1) is 0 Å². The van der Waals surface area contributed by atoms with Crippen LogP contribution < -0.4 is 5.32 Å². The molecule has 0 aliphatic carbocycles. The quantitative estimate of drug-likeness (QED) is 0.740. The molecule has 0 saturated heterocycles. The minimum Gasteiger partial charge on any atom is -0.444 e. The third-order valence-corrected chi connectivity index (χ3v) is 2.22. The number of rotatable bonds is 6. The molecule has 0 rings (SSSR count). The Bertz CT molecular complexity index is 250. The summed E-state index contributed by atoms with van der Waals surface area (Å²) in [5, 5.41) is 2.66. The number of alkyl carbamates (subject to hydrolysis) is 1. The van der Waals surface area contributed by atoms with Gasteiger partial charge in [0.1, 0.15) is 5.60 Å². The molecule has 0 aromatic carbocycles. The summed E-state index contributed by atoms with van der Waals surface area (Å²) in [4.78, 5) is 21.8. The Balaban J connectivity index is 3.34. The fraction of sp³-hybridized carbons (Fsp3) is 0.818. The molecular weight excluding hydrogens is 242 g/mol. The number of hydrogen-bond donors (Lipinski definition) is 1. The first-order valence-corrected chi connectivity index (χ1v) is 6.48. The maximum Gasteiger partial charge on any atom is 0.407 e. The highest BCUT2D eigenvalue weighted by Crippen LogP contribution is 2.06. The number of ether oxygens (including phenoxy) is 2. The van der Waals surface area contributed by atoms with E-state index in [9.17, 15) is 9.59 Å². The van der Waals surface area contributed by atoms with Crippen LogP contribution in [0, 0.1) is 0 Å². The molecule has 0 aromatic heterocycles. The van der Waals surface area contributed by atoms with Crippen molar-refractivity contribution >= 4 is 23.0 Å². The van der Waals surface area contributed by atoms with Gasteiger partial charge in [0.2, 0.25) is 0 Å². The normalized spacial score (nSPS) is 11.1. The zero-order valence-electron chi connectivity index (χ0n) is 10.9. The molecule has 100 valence electrons. The van der Waals surface area contributed by atoms with Crippen molar-refractivity contribution in [2.45, 2.75) is 33.3 Å². The van der Waals surface area contributed by atoms with Gasteiger partial charge in [0.05, 0.1) is 13.2 Å². The molecule has 0 bridgehead atoms. The first kappa shape index (κ1) is 16.2. The fourth-order valence-corrected chi connectivity index (χ4v) is 1.37. The van der Waals surface area contributed by atoms with Crippen molar-refractivity contribution in [3.8, 4) is 0 Å². The summed E-state index contributed by atoms with van der Waals surface area (Å²) < 4.78 is 10.3. The Morgan fingerprint density at radius 1 is 1.24 bits per heavy atom. The number of hydrogen-bond acceptors (Lipinski definition) is 5. The molecule has 0 heterocycles. The van der Waals surface area contributed by atoms with Crippen LogP contribution in [0.2, 0.25) is 0 Å². The summed E-state index contributed by atoms with van der Waals surface area (Å²) in [6.45, 7) is 8.26. The molecule has 1 N–H and O–H groups in total. The highest BCUT2D eigenvalue weighted by molar-refractivity contribution is 8.13. The molecule has 0 spiro atoms. The van der Waals surface area contributed by atoms with Crippen LogP contribution in [0.4, 0.5) is 4.79 Å². The molecule has 6 heteroatoms. The zero-order chi connectivity index (χ0) is 13.3. The lowest BCUT2D eigenvalue weighted by molar-refractivity contribution is -0.109. The Morgan fingerprint density at radius 2 is 1.88 bits per heavy atom. The van der Waals surface area contributed by atoms with Crippen molar-refractivity contribution in [2.75, 3.05) is 25.5 Å². The lowest BCUT2D eigenvalue weighted by atomic mass is 10.2. The molecule has 0 atom stereocenters. The van der Waals surface area contributed by atoms with Crippen molar-refractivity contribution in [3.05, 3.63) is 0 Å². The number of nitrogens with one attached hydrogen (secondary N) is 1. The Labute approximate surface area is 107 Å². The molecule has 0 radical (unpaired) electrons. The number of carbonyl (C=O) groups excluding carboxylic acids is 2. The third kappa shape index (κ3) is 13.2. The molecule has 0 aliphatic heterocycles. The van der Waals surface area contributed by atoms with Gasteiger partial charge in [0.15, 0.2) is 5.12 Å². The molecule has 5 nitrogen and oxygen atoms in total. The van der Waals surface area contributed by atoms with Crippen LogP contribution in [-0.2, 0) is 14.3 Å². The van der Waals surface area contributed by atoms with E-state index in [-0.39, 0.29) is 5.12 Å². The van der Waals surface area contributed by atoms with E-state index in [2.05, 4.69) is 5.32 Å². The zero-order valence-corrected chi connectivity index (χ0v) is 11.7. The highest BCUT2D eigenvalue weighted by Gasteiger charge is 2.15. The number of amides is 1. The topological polar surface area (TPSA) is 64.6 Å². The predicted octanol–water partition coefficient (Wildman–Crippen LogP) is 1.81. The summed E-state index contributed by atoms with van der Waals surface area (Å²) >= 11 is 1.23. The second-order valence-corrected chi connectivity index (χ2v) is 5.65. The van der Waals surface area contributed by atoms with E-state index in [1.165, 1.54) is 18.7 Å². The maximum atomic E-state index is 11.2. The SMILES string of the molecule is CC(=O)SCCOCCNC(=O)OC(C)(C)C. The third-order valence-electron chi connectivity index (χ3n) is 1.45. The van der Waals surface area contributed by atoms with Crippen LogP contribution in [0.1, 0.15) is 27.7 Å². The lowest BCUT2D eigenvalue weighted by Crippen LogP contribution is -2.34. The Hall–Kier alpha value is -0.750. The smallest absolute Gasteiger partial charge is 0.407 e. The van der Waals surface area contributed by atoms with E-state index >= 15 is 0 Å². The standard InChI is InChI=1S/C11H21NO4S/c1-9(13)17-8-7-15-6-5-12-10(14)16-11(2,3)4/h5-8H2,1-4H3,(H,12,14). The van der Waals surface area contributed by atoms with E-state index in [1.807, 2.05) is 20.8 Å². The summed E-state index contributed by atoms with van der Waals surface area (Å²) in [5.74, 6) is 0.641. The summed E-state index contributed by atoms with van der Waals surface area (Å²) in [7, 11) is 0. The molecule has 0 saturated carbocycles. The molecule has 0 aromatic rings. The highest BCUT2D eigenvalue weighted by atomic mass is 32.2. The van der Waals surface area contributed by atoms with Gasteiger partial charge in [-0.3, -0.25) is 4.79 Å². The summed E-state index contributed by atoms with van der Waals surface area (Å²) in [5.41, 5.74) is -0.483. The average molecular weight is 263 g/mol. The molecule has 0 unspecified atom stereocenters. The lowest BCUT2D eigenvalue weighted by Gasteiger charge is -2.19. The van der Waals surface area contributed by atoms with Gasteiger partial charge in [0, 0.05) is 19.2 Å². The molecule has 0 fully saturated rings. The second-order valence-electron chi connectivity index (χ2n) is 4.38. The Kier molecular flexibility index (Phi) is 7.99. The summed E-state index contributed by atoms with van der Waals surface area (Å²) in [6, 6.07) is 0. The van der Waals surface area contributed by atoms with Crippen molar-refractivity contribution < 1.29 is 19.1 Å². The predicted molar refractivity (Wildman–Crippen MR) is 68.2 cm³/mol. The van der Waals surface area contributed by atoms with E-state index in [4.69, 9.17) is 9.47 Å². The molecule has 0 aliphatic rings. The van der Waals surface area contributed by atoms with E-state index in [0.29, 0.717) is 25.5 Å². The molecule has 17 heavy (non-hydrogen) atoms. The molecular formula is C11H21NO4S. The van der Waals surface area contributed by atoms with Crippen molar-refractivity contribution in [2.24, 2.45) is 0 Å². The minimum absolute atomic E-state index is 0.0838. The number of carbonyl (C=O) groups is 2.